The predicted molar refractivity (Wildman–Crippen MR) is 57.0 cm³/mol. The molecule has 2 saturated heterocycles. The number of hydrogen-bond donors (Lipinski definition) is 1. The number of nitrogens with one attached hydrogen (secondary N) is 1. The Kier molecular flexibility index (Phi) is 3.52. The molecule has 76 valence electrons. The zero-order chi connectivity index (χ0) is 9.10. The molecule has 2 aliphatic heterocycles. The molecule has 2 fully saturated rings. The summed E-state index contributed by atoms with van der Waals surface area (Å²) in [6.45, 7) is 4.21. The number of ether oxygens (including phenoxy) is 1. The lowest BCUT2D eigenvalue weighted by atomic mass is 10.00. The third-order valence-corrected chi connectivity index (χ3v) is 4.54. The second-order valence-electron chi connectivity index (χ2n) is 3.98. The smallest absolute Gasteiger partial charge is 0.0565 e. The lowest BCUT2D eigenvalue weighted by molar-refractivity contribution is 0.0631. The van der Waals surface area contributed by atoms with Gasteiger partial charge in [-0.3, -0.25) is 0 Å². The molecule has 0 spiro atoms. The lowest BCUT2D eigenvalue weighted by Gasteiger charge is -2.27. The van der Waals surface area contributed by atoms with Crippen LogP contribution in [0.4, 0.5) is 0 Å². The van der Waals surface area contributed by atoms with Crippen LogP contribution in [-0.4, -0.2) is 30.4 Å². The van der Waals surface area contributed by atoms with E-state index in [0.717, 1.165) is 25.2 Å². The highest BCUT2D eigenvalue weighted by Crippen LogP contribution is 2.31. The fraction of sp³-hybridized carbons (Fsp3) is 1.00. The van der Waals surface area contributed by atoms with Crippen LogP contribution >= 0.6 is 11.8 Å². The standard InChI is InChI=1S/C10H19NOS/c1-2-9-7-13-10(11-9)8-3-5-12-6-4-8/h8-11H,2-7H2,1H3. The summed E-state index contributed by atoms with van der Waals surface area (Å²) in [4.78, 5) is 0. The normalized spacial score (nSPS) is 36.7. The molecule has 3 heteroatoms. The van der Waals surface area contributed by atoms with Crippen molar-refractivity contribution in [1.29, 1.82) is 0 Å². The molecule has 2 heterocycles. The molecule has 2 nitrogen and oxygen atoms in total. The molecule has 2 aliphatic rings. The van der Waals surface area contributed by atoms with Crippen molar-refractivity contribution in [3.05, 3.63) is 0 Å². The van der Waals surface area contributed by atoms with Crippen LogP contribution in [0.2, 0.25) is 0 Å². The molecule has 0 saturated carbocycles. The minimum atomic E-state index is 0.717. The van der Waals surface area contributed by atoms with Crippen molar-refractivity contribution in [2.24, 2.45) is 5.92 Å². The molecule has 0 amide bonds. The van der Waals surface area contributed by atoms with Gasteiger partial charge in [-0.15, -0.1) is 11.8 Å². The Labute approximate surface area is 84.8 Å². The zero-order valence-corrected chi connectivity index (χ0v) is 9.11. The highest BCUT2D eigenvalue weighted by molar-refractivity contribution is 8.00. The first-order valence-corrected chi connectivity index (χ1v) is 6.40. The summed E-state index contributed by atoms with van der Waals surface area (Å²) in [5.74, 6) is 2.16. The van der Waals surface area contributed by atoms with Gasteiger partial charge in [-0.1, -0.05) is 6.92 Å². The maximum Gasteiger partial charge on any atom is 0.0565 e. The molecular formula is C10H19NOS. The minimum absolute atomic E-state index is 0.717. The van der Waals surface area contributed by atoms with Crippen LogP contribution < -0.4 is 5.32 Å². The third kappa shape index (κ3) is 2.39. The van der Waals surface area contributed by atoms with Gasteiger partial charge in [-0.05, 0) is 25.2 Å². The fourth-order valence-corrected chi connectivity index (χ4v) is 3.68. The van der Waals surface area contributed by atoms with Crippen molar-refractivity contribution in [3.63, 3.8) is 0 Å². The quantitative estimate of drug-likeness (QED) is 0.737. The van der Waals surface area contributed by atoms with Crippen LogP contribution in [0.5, 0.6) is 0 Å². The summed E-state index contributed by atoms with van der Waals surface area (Å²) in [6.07, 6.45) is 3.77. The van der Waals surface area contributed by atoms with Gasteiger partial charge in [0, 0.05) is 25.0 Å². The Morgan fingerprint density at radius 2 is 2.15 bits per heavy atom. The van der Waals surface area contributed by atoms with Gasteiger partial charge in [-0.25, -0.2) is 0 Å². The van der Waals surface area contributed by atoms with E-state index >= 15 is 0 Å². The van der Waals surface area contributed by atoms with Crippen molar-refractivity contribution in [2.45, 2.75) is 37.6 Å². The fourth-order valence-electron chi connectivity index (χ4n) is 2.07. The Balaban J connectivity index is 1.80. The summed E-state index contributed by atoms with van der Waals surface area (Å²) in [6, 6.07) is 0.762. The first-order valence-electron chi connectivity index (χ1n) is 5.35. The summed E-state index contributed by atoms with van der Waals surface area (Å²) in [5, 5.41) is 4.43. The molecule has 0 aromatic carbocycles. The molecule has 1 N–H and O–H groups in total. The largest absolute Gasteiger partial charge is 0.381 e. The second kappa shape index (κ2) is 4.67. The van der Waals surface area contributed by atoms with Gasteiger partial charge in [0.2, 0.25) is 0 Å². The highest BCUT2D eigenvalue weighted by atomic mass is 32.2. The molecule has 0 aromatic rings. The van der Waals surface area contributed by atoms with Crippen LogP contribution in [0.3, 0.4) is 0 Å². The topological polar surface area (TPSA) is 21.3 Å². The van der Waals surface area contributed by atoms with Crippen molar-refractivity contribution >= 4 is 11.8 Å². The Morgan fingerprint density at radius 3 is 2.77 bits per heavy atom. The number of thioether (sulfide) groups is 1. The molecule has 0 aromatic heterocycles. The third-order valence-electron chi connectivity index (χ3n) is 3.06. The van der Waals surface area contributed by atoms with Crippen molar-refractivity contribution in [1.82, 2.24) is 5.32 Å². The molecule has 2 rings (SSSR count). The Hall–Kier alpha value is 0.270. The Bertz CT molecular complexity index is 159. The lowest BCUT2D eigenvalue weighted by Crippen LogP contribution is -2.36. The van der Waals surface area contributed by atoms with Gasteiger partial charge in [-0.2, -0.15) is 0 Å². The first-order chi connectivity index (χ1) is 6.40. The van der Waals surface area contributed by atoms with Crippen molar-refractivity contribution in [3.8, 4) is 0 Å². The van der Waals surface area contributed by atoms with E-state index in [1.54, 1.807) is 0 Å². The average Bonchev–Trinajstić information content (AvgIpc) is 2.67. The van der Waals surface area contributed by atoms with Crippen LogP contribution in [0.25, 0.3) is 0 Å². The van der Waals surface area contributed by atoms with Gasteiger partial charge >= 0.3 is 0 Å². The molecular weight excluding hydrogens is 182 g/mol. The zero-order valence-electron chi connectivity index (χ0n) is 8.29. The molecule has 0 bridgehead atoms. The second-order valence-corrected chi connectivity index (χ2v) is 5.15. The van der Waals surface area contributed by atoms with Gasteiger partial charge < -0.3 is 10.1 Å². The summed E-state index contributed by atoms with van der Waals surface area (Å²) < 4.78 is 5.38. The van der Waals surface area contributed by atoms with Crippen LogP contribution in [-0.2, 0) is 4.74 Å². The van der Waals surface area contributed by atoms with E-state index < -0.39 is 0 Å². The van der Waals surface area contributed by atoms with Crippen LogP contribution in [0.15, 0.2) is 0 Å². The van der Waals surface area contributed by atoms with Crippen LogP contribution in [0.1, 0.15) is 26.2 Å². The Morgan fingerprint density at radius 1 is 1.38 bits per heavy atom. The van der Waals surface area contributed by atoms with Crippen molar-refractivity contribution in [2.75, 3.05) is 19.0 Å². The molecule has 2 atom stereocenters. The number of rotatable bonds is 2. The monoisotopic (exact) mass is 201 g/mol. The van der Waals surface area contributed by atoms with E-state index in [2.05, 4.69) is 24.0 Å². The molecule has 0 radical (unpaired) electrons. The van der Waals surface area contributed by atoms with Gasteiger partial charge in [0.1, 0.15) is 0 Å². The van der Waals surface area contributed by atoms with E-state index in [1.807, 2.05) is 0 Å². The average molecular weight is 201 g/mol. The van der Waals surface area contributed by atoms with Crippen molar-refractivity contribution < 1.29 is 4.74 Å². The maximum atomic E-state index is 5.38. The van der Waals surface area contributed by atoms with E-state index in [4.69, 9.17) is 4.74 Å². The SMILES string of the molecule is CCC1CSC(C2CCOCC2)N1. The van der Waals surface area contributed by atoms with E-state index in [1.165, 1.54) is 25.0 Å². The number of hydrogen-bond acceptors (Lipinski definition) is 3. The van der Waals surface area contributed by atoms with Gasteiger partial charge in [0.15, 0.2) is 0 Å². The maximum absolute atomic E-state index is 5.38. The van der Waals surface area contributed by atoms with Gasteiger partial charge in [0.05, 0.1) is 5.37 Å². The van der Waals surface area contributed by atoms with Gasteiger partial charge in [0.25, 0.3) is 0 Å². The molecule has 0 aliphatic carbocycles. The summed E-state index contributed by atoms with van der Waals surface area (Å²) in [5.41, 5.74) is 0. The highest BCUT2D eigenvalue weighted by Gasteiger charge is 2.30. The minimum Gasteiger partial charge on any atom is -0.381 e. The predicted octanol–water partition coefficient (Wildman–Crippen LogP) is 1.85. The molecule has 2 unspecified atom stereocenters. The van der Waals surface area contributed by atoms with Crippen LogP contribution in [0, 0.1) is 5.92 Å². The molecule has 13 heavy (non-hydrogen) atoms. The summed E-state index contributed by atoms with van der Waals surface area (Å²) in [7, 11) is 0. The first kappa shape index (κ1) is 9.81. The van der Waals surface area contributed by atoms with E-state index in [0.29, 0.717) is 5.37 Å². The van der Waals surface area contributed by atoms with E-state index in [9.17, 15) is 0 Å². The summed E-state index contributed by atoms with van der Waals surface area (Å²) >= 11 is 2.11. The van der Waals surface area contributed by atoms with E-state index in [-0.39, 0.29) is 0 Å².